The first-order valence-corrected chi connectivity index (χ1v) is 7.39. The third-order valence-electron chi connectivity index (χ3n) is 3.41. The molecule has 2 N–H and O–H groups in total. The molecule has 5 nitrogen and oxygen atoms in total. The molecule has 0 radical (unpaired) electrons. The summed E-state index contributed by atoms with van der Waals surface area (Å²) >= 11 is 1.86. The van der Waals surface area contributed by atoms with Crippen LogP contribution >= 0.6 is 11.3 Å². The third kappa shape index (κ3) is 2.71. The largest absolute Gasteiger partial charge is 0.478 e. The average molecular weight is 289 g/mol. The molecule has 0 fully saturated rings. The minimum absolute atomic E-state index is 0.161. The number of aromatic nitrogens is 2. The van der Waals surface area contributed by atoms with E-state index in [-0.39, 0.29) is 5.56 Å². The van der Waals surface area contributed by atoms with Gasteiger partial charge in [-0.2, -0.15) is 0 Å². The topological polar surface area (TPSA) is 75.1 Å². The molecule has 2 aromatic heterocycles. The monoisotopic (exact) mass is 289 g/mol. The maximum atomic E-state index is 11.0. The van der Waals surface area contributed by atoms with E-state index in [1.54, 1.807) is 0 Å². The number of thiophene rings is 1. The number of carboxylic acids is 1. The van der Waals surface area contributed by atoms with Crippen LogP contribution in [0, 0.1) is 0 Å². The summed E-state index contributed by atoms with van der Waals surface area (Å²) in [6, 6.07) is 2.26. The maximum absolute atomic E-state index is 11.0. The Labute approximate surface area is 120 Å². The molecule has 0 saturated carbocycles. The second-order valence-electron chi connectivity index (χ2n) is 4.81. The van der Waals surface area contributed by atoms with Crippen LogP contribution in [0.15, 0.2) is 18.6 Å². The van der Waals surface area contributed by atoms with Crippen molar-refractivity contribution in [3.05, 3.63) is 45.2 Å². The molecular formula is C14H15N3O2S. The van der Waals surface area contributed by atoms with E-state index in [0.717, 1.165) is 6.54 Å². The highest BCUT2D eigenvalue weighted by Crippen LogP contribution is 2.30. The molecule has 6 heteroatoms. The number of rotatable bonds is 5. The van der Waals surface area contributed by atoms with Crippen molar-refractivity contribution in [1.82, 2.24) is 15.3 Å². The van der Waals surface area contributed by atoms with Crippen molar-refractivity contribution in [3.8, 4) is 0 Å². The fourth-order valence-electron chi connectivity index (χ4n) is 2.46. The van der Waals surface area contributed by atoms with Gasteiger partial charge in [-0.15, -0.1) is 11.3 Å². The van der Waals surface area contributed by atoms with Gasteiger partial charge in [0.1, 0.15) is 11.9 Å². The van der Waals surface area contributed by atoms with Crippen molar-refractivity contribution in [2.75, 3.05) is 0 Å². The third-order valence-corrected chi connectivity index (χ3v) is 4.65. The lowest BCUT2D eigenvalue weighted by Gasteiger charge is -2.05. The molecular weight excluding hydrogens is 274 g/mol. The first-order chi connectivity index (χ1) is 9.74. The molecule has 0 saturated heterocycles. The molecule has 0 aromatic carbocycles. The van der Waals surface area contributed by atoms with Gasteiger partial charge < -0.3 is 10.4 Å². The van der Waals surface area contributed by atoms with E-state index in [1.165, 1.54) is 47.1 Å². The van der Waals surface area contributed by atoms with Crippen LogP contribution in [-0.4, -0.2) is 21.0 Å². The molecule has 0 spiro atoms. The highest BCUT2D eigenvalue weighted by molar-refractivity contribution is 7.12. The van der Waals surface area contributed by atoms with E-state index in [1.807, 2.05) is 11.3 Å². The van der Waals surface area contributed by atoms with Gasteiger partial charge in [-0.05, 0) is 30.9 Å². The van der Waals surface area contributed by atoms with E-state index < -0.39 is 5.97 Å². The van der Waals surface area contributed by atoms with Crippen molar-refractivity contribution in [2.45, 2.75) is 32.4 Å². The van der Waals surface area contributed by atoms with Gasteiger partial charge in [0, 0.05) is 29.0 Å². The maximum Gasteiger partial charge on any atom is 0.339 e. The Kier molecular flexibility index (Phi) is 3.75. The lowest BCUT2D eigenvalue weighted by Crippen LogP contribution is -2.16. The second kappa shape index (κ2) is 5.68. The summed E-state index contributed by atoms with van der Waals surface area (Å²) in [6.45, 7) is 1.19. The summed E-state index contributed by atoms with van der Waals surface area (Å²) in [4.78, 5) is 21.6. The number of carbonyl (C=O) groups is 1. The number of hydrogen-bond donors (Lipinski definition) is 2. The Morgan fingerprint density at radius 2 is 2.30 bits per heavy atom. The quantitative estimate of drug-likeness (QED) is 0.880. The summed E-state index contributed by atoms with van der Waals surface area (Å²) in [7, 11) is 0. The molecule has 20 heavy (non-hydrogen) atoms. The highest BCUT2D eigenvalue weighted by atomic mass is 32.1. The fourth-order valence-corrected chi connectivity index (χ4v) is 3.69. The fraction of sp³-hybridized carbons (Fsp3) is 0.357. The standard InChI is InChI=1S/C14H15N3O2S/c18-14(19)11-6-16-8-17-12(11)7-15-5-10-4-9-2-1-3-13(9)20-10/h4,6,8,15H,1-3,5,7H2,(H,18,19). The van der Waals surface area contributed by atoms with Gasteiger partial charge in [-0.25, -0.2) is 14.8 Å². The van der Waals surface area contributed by atoms with Crippen LogP contribution in [-0.2, 0) is 25.9 Å². The Balaban J connectivity index is 1.61. The van der Waals surface area contributed by atoms with Crippen LogP contribution in [0.5, 0.6) is 0 Å². The van der Waals surface area contributed by atoms with Crippen LogP contribution in [0.1, 0.15) is 37.8 Å². The number of aryl methyl sites for hydroxylation is 2. The molecule has 0 aliphatic heterocycles. The number of aromatic carboxylic acids is 1. The minimum Gasteiger partial charge on any atom is -0.478 e. The highest BCUT2D eigenvalue weighted by Gasteiger charge is 2.15. The predicted octanol–water partition coefficient (Wildman–Crippen LogP) is 2.01. The molecule has 2 heterocycles. The minimum atomic E-state index is -0.988. The summed E-state index contributed by atoms with van der Waals surface area (Å²) in [5, 5.41) is 12.3. The van der Waals surface area contributed by atoms with Gasteiger partial charge in [-0.1, -0.05) is 0 Å². The molecule has 2 aromatic rings. The van der Waals surface area contributed by atoms with Crippen molar-refractivity contribution in [3.63, 3.8) is 0 Å². The van der Waals surface area contributed by atoms with E-state index in [4.69, 9.17) is 5.11 Å². The van der Waals surface area contributed by atoms with Gasteiger partial charge in [0.2, 0.25) is 0 Å². The Morgan fingerprint density at radius 3 is 3.10 bits per heavy atom. The first kappa shape index (κ1) is 13.2. The number of fused-ring (bicyclic) bond motifs is 1. The first-order valence-electron chi connectivity index (χ1n) is 6.57. The molecule has 0 amide bonds. The molecule has 1 aliphatic rings. The molecule has 0 unspecified atom stereocenters. The zero-order valence-electron chi connectivity index (χ0n) is 10.9. The zero-order valence-corrected chi connectivity index (χ0v) is 11.7. The van der Waals surface area contributed by atoms with Crippen molar-refractivity contribution in [2.24, 2.45) is 0 Å². The predicted molar refractivity (Wildman–Crippen MR) is 75.9 cm³/mol. The van der Waals surface area contributed by atoms with Gasteiger partial charge in [0.05, 0.1) is 5.69 Å². The van der Waals surface area contributed by atoms with Gasteiger partial charge >= 0.3 is 5.97 Å². The number of carboxylic acid groups (broad SMARTS) is 1. The smallest absolute Gasteiger partial charge is 0.339 e. The van der Waals surface area contributed by atoms with Crippen molar-refractivity contribution in [1.29, 1.82) is 0 Å². The lowest BCUT2D eigenvalue weighted by molar-refractivity contribution is 0.0694. The van der Waals surface area contributed by atoms with E-state index in [9.17, 15) is 4.79 Å². The summed E-state index contributed by atoms with van der Waals surface area (Å²) in [6.07, 6.45) is 6.39. The Bertz CT molecular complexity index is 618. The number of hydrogen-bond acceptors (Lipinski definition) is 5. The zero-order chi connectivity index (χ0) is 13.9. The van der Waals surface area contributed by atoms with Crippen molar-refractivity contribution >= 4 is 17.3 Å². The van der Waals surface area contributed by atoms with Crippen LogP contribution in [0.4, 0.5) is 0 Å². The van der Waals surface area contributed by atoms with Crippen molar-refractivity contribution < 1.29 is 9.90 Å². The van der Waals surface area contributed by atoms with E-state index in [0.29, 0.717) is 12.2 Å². The lowest BCUT2D eigenvalue weighted by atomic mass is 10.2. The number of nitrogens with one attached hydrogen (secondary N) is 1. The summed E-state index contributed by atoms with van der Waals surface area (Å²) < 4.78 is 0. The normalized spacial score (nSPS) is 13.4. The van der Waals surface area contributed by atoms with Gasteiger partial charge in [-0.3, -0.25) is 0 Å². The summed E-state index contributed by atoms with van der Waals surface area (Å²) in [5.41, 5.74) is 2.17. The molecule has 0 bridgehead atoms. The van der Waals surface area contributed by atoms with Crippen LogP contribution < -0.4 is 5.32 Å². The molecule has 1 aliphatic carbocycles. The van der Waals surface area contributed by atoms with E-state index >= 15 is 0 Å². The van der Waals surface area contributed by atoms with Gasteiger partial charge in [0.25, 0.3) is 0 Å². The molecule has 104 valence electrons. The van der Waals surface area contributed by atoms with E-state index in [2.05, 4.69) is 21.4 Å². The average Bonchev–Trinajstić information content (AvgIpc) is 3.00. The molecule has 0 atom stereocenters. The van der Waals surface area contributed by atoms with Crippen LogP contribution in [0.2, 0.25) is 0 Å². The Hall–Kier alpha value is -1.79. The second-order valence-corrected chi connectivity index (χ2v) is 6.03. The summed E-state index contributed by atoms with van der Waals surface area (Å²) in [5.74, 6) is -0.988. The van der Waals surface area contributed by atoms with Gasteiger partial charge in [0.15, 0.2) is 0 Å². The van der Waals surface area contributed by atoms with Crippen LogP contribution in [0.3, 0.4) is 0 Å². The molecule has 3 rings (SSSR count). The van der Waals surface area contributed by atoms with Crippen LogP contribution in [0.25, 0.3) is 0 Å². The SMILES string of the molecule is O=C(O)c1cncnc1CNCc1cc2c(s1)CCC2. The number of nitrogens with zero attached hydrogens (tertiary/aromatic N) is 2. The Morgan fingerprint density at radius 1 is 1.40 bits per heavy atom.